The van der Waals surface area contributed by atoms with E-state index in [4.69, 9.17) is 16.3 Å². The van der Waals surface area contributed by atoms with E-state index in [0.717, 1.165) is 29.7 Å². The molecule has 29 heavy (non-hydrogen) atoms. The fourth-order valence-electron chi connectivity index (χ4n) is 2.97. The summed E-state index contributed by atoms with van der Waals surface area (Å²) in [4.78, 5) is 27.3. The third kappa shape index (κ3) is 7.09. The summed E-state index contributed by atoms with van der Waals surface area (Å²) in [7, 11) is 1.60. The van der Waals surface area contributed by atoms with Crippen LogP contribution in [0.1, 0.15) is 37.8 Å². The second-order valence-corrected chi connectivity index (χ2v) is 7.43. The molecule has 2 rings (SSSR count). The maximum absolute atomic E-state index is 13.1. The maximum Gasteiger partial charge on any atom is 0.242 e. The fraction of sp³-hybridized carbons (Fsp3) is 0.391. The molecule has 0 bridgehead atoms. The number of halogens is 1. The van der Waals surface area contributed by atoms with Crippen LogP contribution in [0.4, 0.5) is 0 Å². The molecule has 0 saturated carbocycles. The highest BCUT2D eigenvalue weighted by molar-refractivity contribution is 6.30. The standard InChI is InChI=1S/C23H29ClN2O3/c1-4-5-13-25-23(28)17(2)26(16-19-7-6-8-20(24)14-19)22(27)15-18-9-11-21(29-3)12-10-18/h6-12,14,17H,4-5,13,15-16H2,1-3H3,(H,25,28). The summed E-state index contributed by atoms with van der Waals surface area (Å²) >= 11 is 6.10. The number of unbranched alkanes of at least 4 members (excludes halogenated alkanes) is 1. The molecule has 0 spiro atoms. The monoisotopic (exact) mass is 416 g/mol. The lowest BCUT2D eigenvalue weighted by Gasteiger charge is -2.29. The van der Waals surface area contributed by atoms with Gasteiger partial charge in [-0.15, -0.1) is 0 Å². The van der Waals surface area contributed by atoms with Crippen molar-refractivity contribution in [2.24, 2.45) is 0 Å². The molecule has 6 heteroatoms. The molecule has 2 aromatic rings. The van der Waals surface area contributed by atoms with Crippen molar-refractivity contribution in [3.05, 3.63) is 64.7 Å². The summed E-state index contributed by atoms with van der Waals surface area (Å²) in [6.07, 6.45) is 2.11. The molecule has 1 atom stereocenters. The number of amides is 2. The van der Waals surface area contributed by atoms with Crippen molar-refractivity contribution in [2.45, 2.75) is 45.7 Å². The Bertz CT molecular complexity index is 808. The zero-order valence-corrected chi connectivity index (χ0v) is 18.0. The molecule has 0 aliphatic rings. The van der Waals surface area contributed by atoms with Gasteiger partial charge >= 0.3 is 0 Å². The van der Waals surface area contributed by atoms with Crippen LogP contribution in [-0.4, -0.2) is 36.4 Å². The first-order valence-corrected chi connectivity index (χ1v) is 10.3. The highest BCUT2D eigenvalue weighted by atomic mass is 35.5. The Morgan fingerprint density at radius 1 is 1.14 bits per heavy atom. The zero-order chi connectivity index (χ0) is 21.2. The number of hydrogen-bond donors (Lipinski definition) is 1. The Hall–Kier alpha value is -2.53. The van der Waals surface area contributed by atoms with Gasteiger partial charge in [0.25, 0.3) is 0 Å². The Morgan fingerprint density at radius 3 is 2.48 bits per heavy atom. The van der Waals surface area contributed by atoms with Gasteiger partial charge in [0.2, 0.25) is 11.8 Å². The van der Waals surface area contributed by atoms with Crippen LogP contribution in [0, 0.1) is 0 Å². The summed E-state index contributed by atoms with van der Waals surface area (Å²) in [5.41, 5.74) is 1.75. The molecule has 1 N–H and O–H groups in total. The highest BCUT2D eigenvalue weighted by Gasteiger charge is 2.26. The predicted molar refractivity (Wildman–Crippen MR) is 116 cm³/mol. The molecule has 5 nitrogen and oxygen atoms in total. The van der Waals surface area contributed by atoms with E-state index in [1.54, 1.807) is 25.0 Å². The van der Waals surface area contributed by atoms with E-state index in [1.807, 2.05) is 42.5 Å². The first-order chi connectivity index (χ1) is 13.9. The number of rotatable bonds is 10. The number of benzene rings is 2. The Morgan fingerprint density at radius 2 is 1.86 bits per heavy atom. The normalized spacial score (nSPS) is 11.6. The lowest BCUT2D eigenvalue weighted by atomic mass is 10.1. The van der Waals surface area contributed by atoms with Gasteiger partial charge in [-0.25, -0.2) is 0 Å². The van der Waals surface area contributed by atoms with Crippen LogP contribution in [0.15, 0.2) is 48.5 Å². The highest BCUT2D eigenvalue weighted by Crippen LogP contribution is 2.17. The molecule has 2 amide bonds. The predicted octanol–water partition coefficient (Wildman–Crippen LogP) is 4.22. The maximum atomic E-state index is 13.1. The molecule has 0 aliphatic carbocycles. The second kappa shape index (κ2) is 11.5. The van der Waals surface area contributed by atoms with Gasteiger partial charge in [0, 0.05) is 18.1 Å². The number of methoxy groups -OCH3 is 1. The Kier molecular flexibility index (Phi) is 9.00. The van der Waals surface area contributed by atoms with Crippen molar-refractivity contribution >= 4 is 23.4 Å². The van der Waals surface area contributed by atoms with Crippen molar-refractivity contribution in [3.63, 3.8) is 0 Å². The largest absolute Gasteiger partial charge is 0.497 e. The molecular formula is C23H29ClN2O3. The molecule has 0 saturated heterocycles. The van der Waals surface area contributed by atoms with Gasteiger partial charge in [-0.1, -0.05) is 49.2 Å². The van der Waals surface area contributed by atoms with E-state index in [2.05, 4.69) is 12.2 Å². The Balaban J connectivity index is 2.17. The van der Waals surface area contributed by atoms with Crippen LogP contribution < -0.4 is 10.1 Å². The third-order valence-electron chi connectivity index (χ3n) is 4.75. The summed E-state index contributed by atoms with van der Waals surface area (Å²) in [6, 6.07) is 14.1. The molecule has 0 aliphatic heterocycles. The second-order valence-electron chi connectivity index (χ2n) is 7.00. The van der Waals surface area contributed by atoms with Gasteiger partial charge < -0.3 is 15.0 Å². The topological polar surface area (TPSA) is 58.6 Å². The summed E-state index contributed by atoms with van der Waals surface area (Å²) in [6.45, 7) is 4.76. The van der Waals surface area contributed by atoms with Crippen molar-refractivity contribution in [1.29, 1.82) is 0 Å². The minimum Gasteiger partial charge on any atom is -0.497 e. The van der Waals surface area contributed by atoms with Crippen molar-refractivity contribution < 1.29 is 14.3 Å². The summed E-state index contributed by atoms with van der Waals surface area (Å²) in [5, 5.41) is 3.52. The average molecular weight is 417 g/mol. The number of ether oxygens (including phenoxy) is 1. The number of nitrogens with one attached hydrogen (secondary N) is 1. The minimum absolute atomic E-state index is 0.117. The molecular weight excluding hydrogens is 388 g/mol. The SMILES string of the molecule is CCCCNC(=O)C(C)N(Cc1cccc(Cl)c1)C(=O)Cc1ccc(OC)cc1. The molecule has 156 valence electrons. The minimum atomic E-state index is -0.586. The van der Waals surface area contributed by atoms with E-state index >= 15 is 0 Å². The third-order valence-corrected chi connectivity index (χ3v) is 4.99. The number of carbonyl (C=O) groups is 2. The van der Waals surface area contributed by atoms with Gasteiger partial charge in [-0.3, -0.25) is 9.59 Å². The summed E-state index contributed by atoms with van der Waals surface area (Å²) < 4.78 is 5.17. The van der Waals surface area contributed by atoms with Crippen molar-refractivity contribution in [1.82, 2.24) is 10.2 Å². The first-order valence-electron chi connectivity index (χ1n) is 9.89. The number of carbonyl (C=O) groups excluding carboxylic acids is 2. The smallest absolute Gasteiger partial charge is 0.242 e. The van der Waals surface area contributed by atoms with Gasteiger partial charge in [-0.05, 0) is 48.7 Å². The Labute approximate surface area is 178 Å². The van der Waals surface area contributed by atoms with E-state index in [1.165, 1.54) is 0 Å². The molecule has 0 heterocycles. The van der Waals surface area contributed by atoms with E-state index in [9.17, 15) is 9.59 Å². The summed E-state index contributed by atoms with van der Waals surface area (Å²) in [5.74, 6) is 0.470. The van der Waals surface area contributed by atoms with E-state index in [-0.39, 0.29) is 18.2 Å². The van der Waals surface area contributed by atoms with Gasteiger partial charge in [0.05, 0.1) is 13.5 Å². The van der Waals surface area contributed by atoms with Crippen molar-refractivity contribution in [2.75, 3.05) is 13.7 Å². The molecule has 1 unspecified atom stereocenters. The molecule has 0 aromatic heterocycles. The number of hydrogen-bond acceptors (Lipinski definition) is 3. The quantitative estimate of drug-likeness (QED) is 0.590. The first kappa shape index (κ1) is 22.8. The van der Waals surface area contributed by atoms with Gasteiger partial charge in [0.15, 0.2) is 0 Å². The van der Waals surface area contributed by atoms with Crippen LogP contribution in [0.25, 0.3) is 0 Å². The van der Waals surface area contributed by atoms with Crippen LogP contribution in [0.3, 0.4) is 0 Å². The number of nitrogens with zero attached hydrogens (tertiary/aromatic N) is 1. The van der Waals surface area contributed by atoms with Crippen LogP contribution in [-0.2, 0) is 22.6 Å². The zero-order valence-electron chi connectivity index (χ0n) is 17.3. The van der Waals surface area contributed by atoms with Crippen LogP contribution in [0.2, 0.25) is 5.02 Å². The van der Waals surface area contributed by atoms with Gasteiger partial charge in [0.1, 0.15) is 11.8 Å². The molecule has 2 aromatic carbocycles. The van der Waals surface area contributed by atoms with Gasteiger partial charge in [-0.2, -0.15) is 0 Å². The average Bonchev–Trinajstić information content (AvgIpc) is 2.72. The lowest BCUT2D eigenvalue weighted by molar-refractivity contribution is -0.140. The van der Waals surface area contributed by atoms with E-state index < -0.39 is 6.04 Å². The molecule has 0 radical (unpaired) electrons. The van der Waals surface area contributed by atoms with E-state index in [0.29, 0.717) is 18.1 Å². The fourth-order valence-corrected chi connectivity index (χ4v) is 3.18. The van der Waals surface area contributed by atoms with Crippen LogP contribution >= 0.6 is 11.6 Å². The van der Waals surface area contributed by atoms with Crippen molar-refractivity contribution in [3.8, 4) is 5.75 Å². The van der Waals surface area contributed by atoms with Crippen LogP contribution in [0.5, 0.6) is 5.75 Å². The molecule has 0 fully saturated rings. The lowest BCUT2D eigenvalue weighted by Crippen LogP contribution is -2.48.